The number of hydrogen-bond acceptors (Lipinski definition) is 4. The summed E-state index contributed by atoms with van der Waals surface area (Å²) in [6, 6.07) is 0. The third-order valence-electron chi connectivity index (χ3n) is 6.08. The monoisotopic (exact) mass is 384 g/mol. The van der Waals surface area contributed by atoms with Crippen LogP contribution < -0.4 is 0 Å². The van der Waals surface area contributed by atoms with Crippen LogP contribution in [0.25, 0.3) is 0 Å². The smallest absolute Gasteiger partial charge is 0.274 e. The first-order chi connectivity index (χ1) is 13.5. The van der Waals surface area contributed by atoms with Gasteiger partial charge in [0, 0.05) is 44.3 Å². The van der Waals surface area contributed by atoms with Crippen molar-refractivity contribution in [1.29, 1.82) is 0 Å². The van der Waals surface area contributed by atoms with Crippen LogP contribution in [0.5, 0.6) is 0 Å². The SMILES string of the molecule is CCc1cn[nH]c1C1CCCN(C(=O)c2nc(C)n3c2C(=O)N(CC)CC3)C1. The standard InChI is InChI=1S/C20H28N6O2/c1-4-14-11-21-23-16(14)15-7-6-8-25(12-15)19(27)17-18-20(28)24(5-2)9-10-26(18)13(3)22-17/h11,15H,4-10,12H2,1-3H3,(H,21,23). The van der Waals surface area contributed by atoms with Crippen LogP contribution in [0.4, 0.5) is 0 Å². The number of hydrogen-bond donors (Lipinski definition) is 1. The van der Waals surface area contributed by atoms with E-state index in [9.17, 15) is 9.59 Å². The predicted octanol–water partition coefficient (Wildman–Crippen LogP) is 1.97. The third-order valence-corrected chi connectivity index (χ3v) is 6.08. The maximum atomic E-state index is 13.3. The fourth-order valence-corrected chi connectivity index (χ4v) is 4.48. The first kappa shape index (κ1) is 18.7. The van der Waals surface area contributed by atoms with E-state index in [0.717, 1.165) is 30.8 Å². The molecule has 150 valence electrons. The predicted molar refractivity (Wildman–Crippen MR) is 104 cm³/mol. The van der Waals surface area contributed by atoms with E-state index in [4.69, 9.17) is 0 Å². The molecule has 0 bridgehead atoms. The van der Waals surface area contributed by atoms with Gasteiger partial charge in [0.1, 0.15) is 11.5 Å². The Balaban J connectivity index is 1.61. The number of aromatic amines is 1. The highest BCUT2D eigenvalue weighted by Gasteiger charge is 2.35. The fourth-order valence-electron chi connectivity index (χ4n) is 4.48. The van der Waals surface area contributed by atoms with Gasteiger partial charge in [-0.15, -0.1) is 0 Å². The zero-order chi connectivity index (χ0) is 19.8. The topological polar surface area (TPSA) is 87.1 Å². The molecule has 4 rings (SSSR count). The molecule has 0 aromatic carbocycles. The highest BCUT2D eigenvalue weighted by atomic mass is 16.2. The summed E-state index contributed by atoms with van der Waals surface area (Å²) in [5, 5.41) is 7.32. The number of rotatable bonds is 4. The number of carbonyl (C=O) groups excluding carboxylic acids is 2. The number of carbonyl (C=O) groups is 2. The lowest BCUT2D eigenvalue weighted by atomic mass is 9.91. The maximum absolute atomic E-state index is 13.3. The summed E-state index contributed by atoms with van der Waals surface area (Å²) in [7, 11) is 0. The first-order valence-electron chi connectivity index (χ1n) is 10.2. The number of fused-ring (bicyclic) bond motifs is 1. The Bertz CT molecular complexity index is 899. The second-order valence-corrected chi connectivity index (χ2v) is 7.65. The largest absolute Gasteiger partial charge is 0.337 e. The van der Waals surface area contributed by atoms with Crippen LogP contribution in [-0.2, 0) is 13.0 Å². The summed E-state index contributed by atoms with van der Waals surface area (Å²) in [5.74, 6) is 0.758. The molecule has 1 atom stereocenters. The van der Waals surface area contributed by atoms with E-state index >= 15 is 0 Å². The van der Waals surface area contributed by atoms with Crippen molar-refractivity contribution in [1.82, 2.24) is 29.5 Å². The molecule has 0 radical (unpaired) electrons. The van der Waals surface area contributed by atoms with Crippen molar-refractivity contribution in [3.05, 3.63) is 34.7 Å². The Hall–Kier alpha value is -2.64. The van der Waals surface area contributed by atoms with Crippen LogP contribution in [0.3, 0.4) is 0 Å². The van der Waals surface area contributed by atoms with Crippen molar-refractivity contribution in [2.75, 3.05) is 26.2 Å². The van der Waals surface area contributed by atoms with Crippen molar-refractivity contribution in [3.63, 3.8) is 0 Å². The van der Waals surface area contributed by atoms with E-state index in [1.165, 1.54) is 5.56 Å². The minimum absolute atomic E-state index is 0.0897. The number of likely N-dealkylation sites (tertiary alicyclic amines) is 1. The quantitative estimate of drug-likeness (QED) is 0.873. The molecule has 2 aliphatic rings. The molecular formula is C20H28N6O2. The van der Waals surface area contributed by atoms with Gasteiger partial charge in [-0.25, -0.2) is 4.98 Å². The van der Waals surface area contributed by atoms with E-state index in [1.807, 2.05) is 29.5 Å². The van der Waals surface area contributed by atoms with E-state index in [0.29, 0.717) is 44.1 Å². The zero-order valence-electron chi connectivity index (χ0n) is 16.9. The summed E-state index contributed by atoms with van der Waals surface area (Å²) >= 11 is 0. The first-order valence-corrected chi connectivity index (χ1v) is 10.2. The fraction of sp³-hybridized carbons (Fsp3) is 0.600. The molecule has 1 unspecified atom stereocenters. The molecule has 8 nitrogen and oxygen atoms in total. The molecule has 1 saturated heterocycles. The van der Waals surface area contributed by atoms with E-state index in [-0.39, 0.29) is 17.7 Å². The van der Waals surface area contributed by atoms with Crippen LogP contribution in [0.2, 0.25) is 0 Å². The van der Waals surface area contributed by atoms with Crippen LogP contribution >= 0.6 is 0 Å². The molecule has 1 N–H and O–H groups in total. The molecule has 2 aromatic heterocycles. The molecule has 8 heteroatoms. The van der Waals surface area contributed by atoms with Crippen molar-refractivity contribution in [2.45, 2.75) is 52.5 Å². The maximum Gasteiger partial charge on any atom is 0.274 e. The summed E-state index contributed by atoms with van der Waals surface area (Å²) in [6.07, 6.45) is 4.76. The third kappa shape index (κ3) is 3.00. The van der Waals surface area contributed by atoms with Gasteiger partial charge in [0.05, 0.1) is 6.20 Å². The number of nitrogens with zero attached hydrogens (tertiary/aromatic N) is 5. The van der Waals surface area contributed by atoms with Crippen molar-refractivity contribution < 1.29 is 9.59 Å². The lowest BCUT2D eigenvalue weighted by Crippen LogP contribution is -2.43. The highest BCUT2D eigenvalue weighted by Crippen LogP contribution is 2.29. The molecule has 2 aromatic rings. The summed E-state index contributed by atoms with van der Waals surface area (Å²) in [6.45, 7) is 9.27. The second-order valence-electron chi connectivity index (χ2n) is 7.65. The molecule has 1 fully saturated rings. The number of aryl methyl sites for hydroxylation is 2. The molecule has 0 spiro atoms. The number of aromatic nitrogens is 4. The number of H-pyrrole nitrogens is 1. The summed E-state index contributed by atoms with van der Waals surface area (Å²) < 4.78 is 1.90. The van der Waals surface area contributed by atoms with Crippen molar-refractivity contribution >= 4 is 11.8 Å². The number of likely N-dealkylation sites (N-methyl/N-ethyl adjacent to an activating group) is 1. The van der Waals surface area contributed by atoms with Gasteiger partial charge in [0.2, 0.25) is 0 Å². The Morgan fingerprint density at radius 2 is 2.11 bits per heavy atom. The molecule has 2 aliphatic heterocycles. The van der Waals surface area contributed by atoms with Crippen molar-refractivity contribution in [3.8, 4) is 0 Å². The molecule has 2 amide bonds. The summed E-state index contributed by atoms with van der Waals surface area (Å²) in [5.41, 5.74) is 3.11. The van der Waals surface area contributed by atoms with Crippen LogP contribution in [0, 0.1) is 6.92 Å². The number of nitrogens with one attached hydrogen (secondary N) is 1. The van der Waals surface area contributed by atoms with E-state index in [1.54, 1.807) is 4.90 Å². The van der Waals surface area contributed by atoms with E-state index < -0.39 is 0 Å². The number of amides is 2. The zero-order valence-corrected chi connectivity index (χ0v) is 16.9. The Kier molecular flexibility index (Phi) is 4.95. The lowest BCUT2D eigenvalue weighted by Gasteiger charge is -2.33. The van der Waals surface area contributed by atoms with Crippen LogP contribution in [-0.4, -0.2) is 67.5 Å². The second kappa shape index (κ2) is 7.41. The van der Waals surface area contributed by atoms with Crippen molar-refractivity contribution in [2.24, 2.45) is 0 Å². The number of piperidine rings is 1. The Morgan fingerprint density at radius 3 is 2.86 bits per heavy atom. The minimum atomic E-state index is -0.134. The molecule has 0 aliphatic carbocycles. The van der Waals surface area contributed by atoms with E-state index in [2.05, 4.69) is 22.1 Å². The van der Waals surface area contributed by atoms with Gasteiger partial charge < -0.3 is 14.4 Å². The Labute approximate surface area is 164 Å². The Morgan fingerprint density at radius 1 is 1.29 bits per heavy atom. The molecule has 28 heavy (non-hydrogen) atoms. The number of imidazole rings is 1. The average Bonchev–Trinajstić information content (AvgIpc) is 3.33. The van der Waals surface area contributed by atoms with Gasteiger partial charge in [0.25, 0.3) is 11.8 Å². The van der Waals surface area contributed by atoms with Gasteiger partial charge in [-0.2, -0.15) is 5.10 Å². The van der Waals surface area contributed by atoms with Crippen LogP contribution in [0.1, 0.15) is 70.7 Å². The molecule has 0 saturated carbocycles. The summed E-state index contributed by atoms with van der Waals surface area (Å²) in [4.78, 5) is 34.4. The normalized spacial score (nSPS) is 19.8. The van der Waals surface area contributed by atoms with Gasteiger partial charge >= 0.3 is 0 Å². The average molecular weight is 384 g/mol. The highest BCUT2D eigenvalue weighted by molar-refractivity contribution is 6.05. The molecular weight excluding hydrogens is 356 g/mol. The van der Waals surface area contributed by atoms with Crippen LogP contribution in [0.15, 0.2) is 6.20 Å². The molecule has 4 heterocycles. The lowest BCUT2D eigenvalue weighted by molar-refractivity contribution is 0.0662. The van der Waals surface area contributed by atoms with Gasteiger partial charge in [-0.3, -0.25) is 14.7 Å². The van der Waals surface area contributed by atoms with Gasteiger partial charge in [-0.05, 0) is 38.7 Å². The minimum Gasteiger partial charge on any atom is -0.337 e. The van der Waals surface area contributed by atoms with Gasteiger partial charge in [0.15, 0.2) is 5.69 Å². The van der Waals surface area contributed by atoms with Gasteiger partial charge in [-0.1, -0.05) is 6.92 Å².